The Morgan fingerprint density at radius 3 is 2.84 bits per heavy atom. The van der Waals surface area contributed by atoms with Crippen molar-refractivity contribution in [1.29, 1.82) is 0 Å². The number of ether oxygens (including phenoxy) is 1. The molecule has 0 N–H and O–H groups in total. The number of hydrogen-bond acceptors (Lipinski definition) is 4. The van der Waals surface area contributed by atoms with Crippen molar-refractivity contribution in [2.75, 3.05) is 18.1 Å². The van der Waals surface area contributed by atoms with E-state index in [1.807, 2.05) is 30.3 Å². The molecule has 4 nitrogen and oxygen atoms in total. The summed E-state index contributed by atoms with van der Waals surface area (Å²) >= 11 is 0. The van der Waals surface area contributed by atoms with Crippen molar-refractivity contribution in [3.05, 3.63) is 42.2 Å². The highest BCUT2D eigenvalue weighted by Crippen LogP contribution is 2.36. The molecule has 0 fully saturated rings. The first kappa shape index (κ1) is 11.8. The summed E-state index contributed by atoms with van der Waals surface area (Å²) in [6, 6.07) is 11.4. The Labute approximate surface area is 111 Å². The zero-order chi connectivity index (χ0) is 13.2. The van der Waals surface area contributed by atoms with E-state index in [9.17, 15) is 4.79 Å². The van der Waals surface area contributed by atoms with Gasteiger partial charge in [-0.15, -0.1) is 0 Å². The van der Waals surface area contributed by atoms with Gasteiger partial charge >= 0.3 is 0 Å². The van der Waals surface area contributed by atoms with Crippen LogP contribution in [0.5, 0.6) is 5.75 Å². The highest BCUT2D eigenvalue weighted by atomic mass is 16.5. The monoisotopic (exact) mass is 257 g/mol. The molecule has 1 aliphatic heterocycles. The molecule has 98 valence electrons. The van der Waals surface area contributed by atoms with Crippen molar-refractivity contribution >= 4 is 17.4 Å². The fourth-order valence-corrected chi connectivity index (χ4v) is 2.22. The largest absolute Gasteiger partial charge is 0.491 e. The van der Waals surface area contributed by atoms with Gasteiger partial charge in [0.15, 0.2) is 11.5 Å². The van der Waals surface area contributed by atoms with Gasteiger partial charge in [0.05, 0.1) is 12.3 Å². The summed E-state index contributed by atoms with van der Waals surface area (Å²) < 4.78 is 11.3. The second-order valence-corrected chi connectivity index (χ2v) is 4.52. The number of furan rings is 1. The number of benzene rings is 1. The molecule has 0 saturated carbocycles. The molecule has 0 atom stereocenters. The number of carbonyl (C=O) groups is 1. The molecule has 0 radical (unpaired) electrons. The standard InChI is InChI=1S/C15H15NO3/c1-11(17)13-7-8-15(19-13)16-9-4-10-18-14-6-3-2-5-12(14)16/h2-3,5-8H,4,9-10H2,1H3. The first-order chi connectivity index (χ1) is 9.25. The minimum absolute atomic E-state index is 0.0643. The number of ketones is 1. The van der Waals surface area contributed by atoms with Crippen molar-refractivity contribution < 1.29 is 13.9 Å². The van der Waals surface area contributed by atoms with Gasteiger partial charge in [-0.2, -0.15) is 0 Å². The molecule has 1 aromatic carbocycles. The number of para-hydroxylation sites is 2. The summed E-state index contributed by atoms with van der Waals surface area (Å²) in [5.74, 6) is 1.85. The van der Waals surface area contributed by atoms with Crippen LogP contribution in [0.3, 0.4) is 0 Å². The number of hydrogen-bond donors (Lipinski definition) is 0. The number of nitrogens with zero attached hydrogens (tertiary/aromatic N) is 1. The van der Waals surface area contributed by atoms with Gasteiger partial charge in [-0.25, -0.2) is 0 Å². The van der Waals surface area contributed by atoms with Crippen LogP contribution in [-0.4, -0.2) is 18.9 Å². The predicted molar refractivity (Wildman–Crippen MR) is 72.3 cm³/mol. The fourth-order valence-electron chi connectivity index (χ4n) is 2.22. The highest BCUT2D eigenvalue weighted by Gasteiger charge is 2.20. The molecule has 0 amide bonds. The molecule has 0 unspecified atom stereocenters. The molecular formula is C15H15NO3. The third-order valence-electron chi connectivity index (χ3n) is 3.14. The third kappa shape index (κ3) is 2.21. The lowest BCUT2D eigenvalue weighted by Crippen LogP contribution is -2.16. The van der Waals surface area contributed by atoms with Crippen LogP contribution < -0.4 is 9.64 Å². The zero-order valence-corrected chi connectivity index (χ0v) is 10.8. The summed E-state index contributed by atoms with van der Waals surface area (Å²) in [5, 5.41) is 0. The van der Waals surface area contributed by atoms with Crippen molar-refractivity contribution in [1.82, 2.24) is 0 Å². The lowest BCUT2D eigenvalue weighted by Gasteiger charge is -2.20. The van der Waals surface area contributed by atoms with E-state index in [1.54, 1.807) is 6.07 Å². The summed E-state index contributed by atoms with van der Waals surface area (Å²) in [6.07, 6.45) is 0.908. The Bertz CT molecular complexity index is 603. The van der Waals surface area contributed by atoms with Crippen LogP contribution >= 0.6 is 0 Å². The molecule has 19 heavy (non-hydrogen) atoms. The molecule has 1 aromatic heterocycles. The van der Waals surface area contributed by atoms with Crippen molar-refractivity contribution in [3.63, 3.8) is 0 Å². The van der Waals surface area contributed by atoms with Crippen molar-refractivity contribution in [2.45, 2.75) is 13.3 Å². The van der Waals surface area contributed by atoms with Gasteiger partial charge < -0.3 is 14.1 Å². The molecule has 2 aromatic rings. The predicted octanol–water partition coefficient (Wildman–Crippen LogP) is 3.40. The van der Waals surface area contributed by atoms with Crippen LogP contribution in [0.4, 0.5) is 11.6 Å². The van der Waals surface area contributed by atoms with Gasteiger partial charge in [0, 0.05) is 19.5 Å². The lowest BCUT2D eigenvalue weighted by atomic mass is 10.2. The number of Topliss-reactive ketones (excluding diaryl/α,β-unsaturated/α-hetero) is 1. The normalized spacial score (nSPS) is 14.5. The van der Waals surface area contributed by atoms with Gasteiger partial charge in [-0.1, -0.05) is 12.1 Å². The molecule has 2 heterocycles. The molecular weight excluding hydrogens is 242 g/mol. The Balaban J connectivity index is 2.01. The Hall–Kier alpha value is -2.23. The van der Waals surface area contributed by atoms with Crippen LogP contribution in [0.1, 0.15) is 23.9 Å². The second-order valence-electron chi connectivity index (χ2n) is 4.52. The quantitative estimate of drug-likeness (QED) is 0.773. The van der Waals surface area contributed by atoms with E-state index >= 15 is 0 Å². The maximum atomic E-state index is 11.3. The van der Waals surface area contributed by atoms with E-state index in [0.717, 1.165) is 24.4 Å². The first-order valence-electron chi connectivity index (χ1n) is 6.36. The Kier molecular flexibility index (Phi) is 2.99. The maximum Gasteiger partial charge on any atom is 0.200 e. The van der Waals surface area contributed by atoms with Gasteiger partial charge in [0.2, 0.25) is 5.88 Å². The van der Waals surface area contributed by atoms with Gasteiger partial charge in [0.25, 0.3) is 0 Å². The SMILES string of the molecule is CC(=O)c1ccc(N2CCCOc3ccccc32)o1. The van der Waals surface area contributed by atoms with Crippen LogP contribution in [0.25, 0.3) is 0 Å². The number of carbonyl (C=O) groups excluding carboxylic acids is 1. The van der Waals surface area contributed by atoms with E-state index in [2.05, 4.69) is 4.90 Å². The zero-order valence-electron chi connectivity index (χ0n) is 10.8. The lowest BCUT2D eigenvalue weighted by molar-refractivity contribution is 0.0988. The van der Waals surface area contributed by atoms with Gasteiger partial charge in [0.1, 0.15) is 5.75 Å². The summed E-state index contributed by atoms with van der Waals surface area (Å²) in [4.78, 5) is 13.4. The number of rotatable bonds is 2. The summed E-state index contributed by atoms with van der Waals surface area (Å²) in [7, 11) is 0. The molecule has 4 heteroatoms. The topological polar surface area (TPSA) is 42.7 Å². The van der Waals surface area contributed by atoms with E-state index < -0.39 is 0 Å². The average Bonchev–Trinajstić information content (AvgIpc) is 2.80. The number of anilines is 2. The van der Waals surface area contributed by atoms with Gasteiger partial charge in [-0.3, -0.25) is 4.79 Å². The minimum atomic E-state index is -0.0643. The summed E-state index contributed by atoms with van der Waals surface area (Å²) in [6.45, 7) is 3.00. The van der Waals surface area contributed by atoms with Crippen LogP contribution in [0.15, 0.2) is 40.8 Å². The molecule has 0 aliphatic carbocycles. The second kappa shape index (κ2) is 4.80. The fraction of sp³-hybridized carbons (Fsp3) is 0.267. The Morgan fingerprint density at radius 1 is 1.21 bits per heavy atom. The van der Waals surface area contributed by atoms with E-state index in [0.29, 0.717) is 18.3 Å². The minimum Gasteiger partial charge on any atom is -0.491 e. The maximum absolute atomic E-state index is 11.3. The molecule has 3 rings (SSSR count). The van der Waals surface area contributed by atoms with Crippen LogP contribution in [0, 0.1) is 0 Å². The van der Waals surface area contributed by atoms with Gasteiger partial charge in [-0.05, 0) is 24.6 Å². The Morgan fingerprint density at radius 2 is 2.05 bits per heavy atom. The van der Waals surface area contributed by atoms with Crippen molar-refractivity contribution in [3.8, 4) is 5.75 Å². The molecule has 0 bridgehead atoms. The third-order valence-corrected chi connectivity index (χ3v) is 3.14. The van der Waals surface area contributed by atoms with E-state index in [-0.39, 0.29) is 5.78 Å². The summed E-state index contributed by atoms with van der Waals surface area (Å²) in [5.41, 5.74) is 0.976. The van der Waals surface area contributed by atoms with E-state index in [4.69, 9.17) is 9.15 Å². The molecule has 0 saturated heterocycles. The first-order valence-corrected chi connectivity index (χ1v) is 6.36. The van der Waals surface area contributed by atoms with Crippen molar-refractivity contribution in [2.24, 2.45) is 0 Å². The highest BCUT2D eigenvalue weighted by molar-refractivity contribution is 5.91. The van der Waals surface area contributed by atoms with Crippen LogP contribution in [-0.2, 0) is 0 Å². The molecule has 0 spiro atoms. The smallest absolute Gasteiger partial charge is 0.200 e. The molecule has 1 aliphatic rings. The average molecular weight is 257 g/mol. The number of fused-ring (bicyclic) bond motifs is 1. The van der Waals surface area contributed by atoms with E-state index in [1.165, 1.54) is 6.92 Å². The van der Waals surface area contributed by atoms with Crippen LogP contribution in [0.2, 0.25) is 0 Å².